The number of anilines is 1. The molecule has 1 heterocycles. The van der Waals surface area contributed by atoms with E-state index in [1.54, 1.807) is 42.9 Å². The van der Waals surface area contributed by atoms with Gasteiger partial charge in [-0.2, -0.15) is 0 Å². The van der Waals surface area contributed by atoms with Crippen molar-refractivity contribution in [1.82, 2.24) is 4.57 Å². The van der Waals surface area contributed by atoms with Gasteiger partial charge in [-0.05, 0) is 57.0 Å². The molecule has 0 saturated heterocycles. The van der Waals surface area contributed by atoms with Crippen LogP contribution in [0.3, 0.4) is 0 Å². The van der Waals surface area contributed by atoms with Crippen LogP contribution < -0.4 is 20.3 Å². The number of aromatic nitrogens is 1. The fourth-order valence-corrected chi connectivity index (χ4v) is 3.67. The average molecular weight is 394 g/mol. The smallest absolute Gasteiger partial charge is 0.252 e. The maximum atomic E-state index is 13.1. The lowest BCUT2D eigenvalue weighted by Gasteiger charge is -2.21. The van der Waals surface area contributed by atoms with Crippen LogP contribution >= 0.6 is 0 Å². The largest absolute Gasteiger partial charge is 0.497 e. The first-order valence-corrected chi connectivity index (χ1v) is 9.42. The molecule has 6 heteroatoms. The van der Waals surface area contributed by atoms with Crippen molar-refractivity contribution in [3.8, 4) is 11.5 Å². The van der Waals surface area contributed by atoms with Gasteiger partial charge in [-0.3, -0.25) is 14.2 Å². The summed E-state index contributed by atoms with van der Waals surface area (Å²) in [6, 6.07) is 10.1. The van der Waals surface area contributed by atoms with Crippen molar-refractivity contribution in [2.75, 3.05) is 19.5 Å². The highest BCUT2D eigenvalue weighted by atomic mass is 16.5. The monoisotopic (exact) mass is 394 g/mol. The molecule has 1 N–H and O–H groups in total. The molecular formula is C23H26N2O4. The minimum atomic E-state index is -0.720. The number of hydrogen-bond donors (Lipinski definition) is 1. The quantitative estimate of drug-likeness (QED) is 0.706. The first-order valence-electron chi connectivity index (χ1n) is 9.42. The molecule has 0 aliphatic rings. The normalized spacial score (nSPS) is 11.9. The molecule has 0 spiro atoms. The van der Waals surface area contributed by atoms with Gasteiger partial charge in [-0.1, -0.05) is 11.6 Å². The summed E-state index contributed by atoms with van der Waals surface area (Å²) in [5.41, 5.74) is 4.03. The molecule has 3 aromatic rings. The molecule has 2 aromatic carbocycles. The summed E-state index contributed by atoms with van der Waals surface area (Å²) in [6.45, 7) is 7.61. The molecule has 1 unspecified atom stereocenters. The number of nitrogens with zero attached hydrogens (tertiary/aromatic N) is 1. The van der Waals surface area contributed by atoms with Crippen LogP contribution in [0, 0.1) is 20.8 Å². The van der Waals surface area contributed by atoms with E-state index in [0.29, 0.717) is 17.2 Å². The van der Waals surface area contributed by atoms with Crippen molar-refractivity contribution in [3.05, 3.63) is 63.4 Å². The van der Waals surface area contributed by atoms with Crippen LogP contribution in [0.4, 0.5) is 5.69 Å². The van der Waals surface area contributed by atoms with Crippen molar-refractivity contribution in [3.63, 3.8) is 0 Å². The zero-order valence-electron chi connectivity index (χ0n) is 17.6. The molecule has 3 rings (SSSR count). The number of benzene rings is 2. The maximum Gasteiger partial charge on any atom is 0.252 e. The maximum absolute atomic E-state index is 13.1. The zero-order chi connectivity index (χ0) is 21.3. The van der Waals surface area contributed by atoms with Crippen LogP contribution in [-0.2, 0) is 4.79 Å². The Hall–Kier alpha value is -3.28. The van der Waals surface area contributed by atoms with Gasteiger partial charge in [0.15, 0.2) is 0 Å². The first kappa shape index (κ1) is 20.5. The second-order valence-corrected chi connectivity index (χ2v) is 7.25. The van der Waals surface area contributed by atoms with E-state index in [9.17, 15) is 9.59 Å². The average Bonchev–Trinajstić information content (AvgIpc) is 2.68. The van der Waals surface area contributed by atoms with E-state index in [1.165, 1.54) is 7.11 Å². The van der Waals surface area contributed by atoms with Crippen LogP contribution in [-0.4, -0.2) is 24.7 Å². The molecule has 0 radical (unpaired) electrons. The van der Waals surface area contributed by atoms with Gasteiger partial charge < -0.3 is 14.8 Å². The Morgan fingerprint density at radius 1 is 1.00 bits per heavy atom. The number of pyridine rings is 1. The van der Waals surface area contributed by atoms with Gasteiger partial charge in [0.05, 0.1) is 25.4 Å². The zero-order valence-corrected chi connectivity index (χ0v) is 17.6. The summed E-state index contributed by atoms with van der Waals surface area (Å²) in [5.74, 6) is 0.793. The van der Waals surface area contributed by atoms with Crippen molar-refractivity contribution in [2.45, 2.75) is 33.7 Å². The SMILES string of the molecule is COc1ccc(OC)c(NC(=O)C(C)n2c(=O)cc(C)c3cc(C)cc(C)c32)c1. The lowest BCUT2D eigenvalue weighted by molar-refractivity contribution is -0.118. The van der Waals surface area contributed by atoms with Gasteiger partial charge in [0.1, 0.15) is 17.5 Å². The summed E-state index contributed by atoms with van der Waals surface area (Å²) in [7, 11) is 3.09. The highest BCUT2D eigenvalue weighted by molar-refractivity contribution is 5.96. The Bertz CT molecular complexity index is 1150. The van der Waals surface area contributed by atoms with Gasteiger partial charge in [-0.15, -0.1) is 0 Å². The summed E-state index contributed by atoms with van der Waals surface area (Å²) in [4.78, 5) is 25.9. The van der Waals surface area contributed by atoms with Crippen molar-refractivity contribution in [1.29, 1.82) is 0 Å². The van der Waals surface area contributed by atoms with Crippen LogP contribution in [0.15, 0.2) is 41.2 Å². The van der Waals surface area contributed by atoms with Crippen LogP contribution in [0.25, 0.3) is 10.9 Å². The van der Waals surface area contributed by atoms with E-state index in [2.05, 4.69) is 5.32 Å². The third kappa shape index (κ3) is 3.83. The molecule has 0 fully saturated rings. The fraction of sp³-hybridized carbons (Fsp3) is 0.304. The van der Waals surface area contributed by atoms with E-state index in [-0.39, 0.29) is 11.5 Å². The lowest BCUT2D eigenvalue weighted by Crippen LogP contribution is -2.32. The highest BCUT2D eigenvalue weighted by Crippen LogP contribution is 2.30. The molecule has 0 aliphatic carbocycles. The van der Waals surface area contributed by atoms with Crippen molar-refractivity contribution in [2.24, 2.45) is 0 Å². The summed E-state index contributed by atoms with van der Waals surface area (Å²) in [6.07, 6.45) is 0. The summed E-state index contributed by atoms with van der Waals surface area (Å²) >= 11 is 0. The van der Waals surface area contributed by atoms with E-state index >= 15 is 0 Å². The third-order valence-corrected chi connectivity index (χ3v) is 5.12. The Kier molecular flexibility index (Phi) is 5.64. The third-order valence-electron chi connectivity index (χ3n) is 5.12. The number of nitrogens with one attached hydrogen (secondary N) is 1. The van der Waals surface area contributed by atoms with Crippen molar-refractivity contribution < 1.29 is 14.3 Å². The standard InChI is InChI=1S/C23H26N2O4/c1-13-9-15(3)22-18(10-13)14(2)11-21(26)25(22)16(4)23(27)24-19-12-17(28-5)7-8-20(19)29-6/h7-12,16H,1-6H3,(H,24,27). The molecule has 6 nitrogen and oxygen atoms in total. The van der Waals surface area contributed by atoms with Crippen LogP contribution in [0.5, 0.6) is 11.5 Å². The molecule has 0 aliphatic heterocycles. The number of carbonyl (C=O) groups excluding carboxylic acids is 1. The van der Waals surface area contributed by atoms with Gasteiger partial charge in [0, 0.05) is 17.5 Å². The molecule has 29 heavy (non-hydrogen) atoms. The number of hydrogen-bond acceptors (Lipinski definition) is 4. The van der Waals surface area contributed by atoms with Crippen LogP contribution in [0.2, 0.25) is 0 Å². The second-order valence-electron chi connectivity index (χ2n) is 7.25. The Morgan fingerprint density at radius 2 is 1.72 bits per heavy atom. The number of ether oxygens (including phenoxy) is 2. The molecule has 152 valence electrons. The number of methoxy groups -OCH3 is 2. The molecular weight excluding hydrogens is 368 g/mol. The van der Waals surface area contributed by atoms with Crippen LogP contribution in [0.1, 0.15) is 29.7 Å². The minimum absolute atomic E-state index is 0.206. The van der Waals surface area contributed by atoms with Crippen molar-refractivity contribution >= 4 is 22.5 Å². The van der Waals surface area contributed by atoms with E-state index in [4.69, 9.17) is 9.47 Å². The van der Waals surface area contributed by atoms with Gasteiger partial charge in [0.25, 0.3) is 5.56 Å². The molecule has 1 aromatic heterocycles. The predicted molar refractivity (Wildman–Crippen MR) is 115 cm³/mol. The minimum Gasteiger partial charge on any atom is -0.497 e. The number of fused-ring (bicyclic) bond motifs is 1. The lowest BCUT2D eigenvalue weighted by atomic mass is 10.0. The Labute approximate surface area is 170 Å². The summed E-state index contributed by atoms with van der Waals surface area (Å²) in [5, 5.41) is 3.84. The first-order chi connectivity index (χ1) is 13.8. The van der Waals surface area contributed by atoms with Gasteiger partial charge in [-0.25, -0.2) is 0 Å². The van der Waals surface area contributed by atoms with E-state index < -0.39 is 6.04 Å². The van der Waals surface area contributed by atoms with E-state index in [0.717, 1.165) is 27.6 Å². The number of rotatable bonds is 5. The summed E-state index contributed by atoms with van der Waals surface area (Å²) < 4.78 is 12.1. The number of carbonyl (C=O) groups is 1. The molecule has 0 saturated carbocycles. The molecule has 0 bridgehead atoms. The highest BCUT2D eigenvalue weighted by Gasteiger charge is 2.22. The molecule has 1 amide bonds. The molecule has 1 atom stereocenters. The second kappa shape index (κ2) is 7.99. The topological polar surface area (TPSA) is 69.6 Å². The number of aryl methyl sites for hydroxylation is 3. The van der Waals surface area contributed by atoms with E-state index in [1.807, 2.05) is 32.9 Å². The van der Waals surface area contributed by atoms with Gasteiger partial charge >= 0.3 is 0 Å². The Morgan fingerprint density at radius 3 is 2.38 bits per heavy atom. The fourth-order valence-electron chi connectivity index (χ4n) is 3.67. The number of amides is 1. The Balaban J connectivity index is 2.08. The van der Waals surface area contributed by atoms with Gasteiger partial charge in [0.2, 0.25) is 5.91 Å². The predicted octanol–water partition coefficient (Wildman–Crippen LogP) is 4.14.